The average molecular weight is 523 g/mol. The fourth-order valence-corrected chi connectivity index (χ4v) is 4.41. The van der Waals surface area contributed by atoms with Crippen LogP contribution in [0.1, 0.15) is 50.8 Å². The van der Waals surface area contributed by atoms with Crippen LogP contribution in [0.15, 0.2) is 60.9 Å². The van der Waals surface area contributed by atoms with E-state index in [0.717, 1.165) is 28.2 Å². The molecule has 0 aliphatic rings. The number of aromatic nitrogens is 3. The molecule has 2 aromatic carbocycles. The highest BCUT2D eigenvalue weighted by molar-refractivity contribution is 5.99. The Morgan fingerprint density at radius 1 is 1.10 bits per heavy atom. The van der Waals surface area contributed by atoms with E-state index in [0.29, 0.717) is 41.0 Å². The van der Waals surface area contributed by atoms with E-state index in [4.69, 9.17) is 0 Å². The number of rotatable bonds is 10. The van der Waals surface area contributed by atoms with Gasteiger partial charge >= 0.3 is 5.97 Å². The summed E-state index contributed by atoms with van der Waals surface area (Å²) >= 11 is 0. The van der Waals surface area contributed by atoms with Crippen LogP contribution in [-0.4, -0.2) is 38.0 Å². The van der Waals surface area contributed by atoms with Gasteiger partial charge in [-0.25, -0.2) is 14.8 Å². The number of hydrogen-bond donors (Lipinski definition) is 4. The molecule has 0 saturated carbocycles. The van der Waals surface area contributed by atoms with Crippen molar-refractivity contribution in [2.45, 2.75) is 46.2 Å². The number of nitrogens with one attached hydrogen (secondary N) is 3. The van der Waals surface area contributed by atoms with Gasteiger partial charge in [-0.1, -0.05) is 31.2 Å². The van der Waals surface area contributed by atoms with E-state index in [1.165, 1.54) is 0 Å². The number of aromatic amines is 1. The molecule has 0 radical (unpaired) electrons. The van der Waals surface area contributed by atoms with Crippen LogP contribution >= 0.6 is 0 Å². The zero-order valence-electron chi connectivity index (χ0n) is 22.1. The lowest BCUT2D eigenvalue weighted by Crippen LogP contribution is -2.42. The van der Waals surface area contributed by atoms with E-state index in [9.17, 15) is 20.0 Å². The average Bonchev–Trinajstić information content (AvgIpc) is 3.40. The molecule has 2 heterocycles. The summed E-state index contributed by atoms with van der Waals surface area (Å²) in [6.45, 7) is 6.19. The van der Waals surface area contributed by atoms with Crippen molar-refractivity contribution in [1.82, 2.24) is 20.3 Å². The SMILES string of the molecule is CCc1cc(C#N)cc(C)c1C(=O)NC(Cc1ccc(-c2ncc(CNc3cc(C)ccn3)[nH]2)cc1)C(=O)O. The number of aryl methyl sites for hydroxylation is 3. The maximum atomic E-state index is 13.1. The Labute approximate surface area is 227 Å². The molecule has 4 N–H and O–H groups in total. The molecule has 0 aliphatic heterocycles. The van der Waals surface area contributed by atoms with Gasteiger partial charge in [-0.2, -0.15) is 5.26 Å². The van der Waals surface area contributed by atoms with Crippen molar-refractivity contribution in [2.75, 3.05) is 5.32 Å². The summed E-state index contributed by atoms with van der Waals surface area (Å²) in [7, 11) is 0. The van der Waals surface area contributed by atoms with E-state index in [-0.39, 0.29) is 6.42 Å². The molecule has 9 nitrogen and oxygen atoms in total. The summed E-state index contributed by atoms with van der Waals surface area (Å²) in [6, 6.07) is 15.6. The molecule has 0 saturated heterocycles. The second-order valence-electron chi connectivity index (χ2n) is 9.39. The van der Waals surface area contributed by atoms with Gasteiger partial charge in [0.1, 0.15) is 17.7 Å². The fraction of sp³-hybridized carbons (Fsp3) is 0.233. The van der Waals surface area contributed by atoms with E-state index in [2.05, 4.69) is 31.7 Å². The molecule has 2 aromatic heterocycles. The molecule has 0 spiro atoms. The van der Waals surface area contributed by atoms with Crippen molar-refractivity contribution in [3.05, 3.63) is 100.0 Å². The topological polar surface area (TPSA) is 144 Å². The first-order valence-electron chi connectivity index (χ1n) is 12.6. The van der Waals surface area contributed by atoms with Crippen LogP contribution in [-0.2, 0) is 24.2 Å². The summed E-state index contributed by atoms with van der Waals surface area (Å²) in [5.41, 5.74) is 5.88. The number of imidazole rings is 1. The summed E-state index contributed by atoms with van der Waals surface area (Å²) < 4.78 is 0. The predicted molar refractivity (Wildman–Crippen MR) is 148 cm³/mol. The molecule has 9 heteroatoms. The standard InChI is InChI=1S/C30H30N6O3/c1-4-22-13-21(15-31)12-19(3)27(22)29(37)36-25(30(38)39)14-20-5-7-23(8-6-20)28-34-17-24(35-28)16-33-26-11-18(2)9-10-32-26/h5-13,17,25H,4,14,16H2,1-3H3,(H,32,33)(H,34,35)(H,36,37)(H,38,39). The number of aliphatic carboxylic acids is 1. The van der Waals surface area contributed by atoms with Crippen molar-refractivity contribution >= 4 is 17.7 Å². The molecule has 1 unspecified atom stereocenters. The molecular formula is C30H30N6O3. The monoisotopic (exact) mass is 522 g/mol. The molecule has 0 aliphatic carbocycles. The Bertz CT molecular complexity index is 1540. The van der Waals surface area contributed by atoms with Gasteiger partial charge in [0.15, 0.2) is 0 Å². The number of carboxylic acids is 1. The number of nitriles is 1. The van der Waals surface area contributed by atoms with Crippen molar-refractivity contribution in [3.63, 3.8) is 0 Å². The third kappa shape index (κ3) is 6.67. The van der Waals surface area contributed by atoms with Gasteiger partial charge in [-0.3, -0.25) is 4.79 Å². The van der Waals surface area contributed by atoms with Gasteiger partial charge in [0.05, 0.1) is 30.1 Å². The lowest BCUT2D eigenvalue weighted by molar-refractivity contribution is -0.139. The summed E-state index contributed by atoms with van der Waals surface area (Å²) in [5.74, 6) is -0.101. The zero-order chi connectivity index (χ0) is 27.9. The molecular weight excluding hydrogens is 492 g/mol. The highest BCUT2D eigenvalue weighted by Gasteiger charge is 2.24. The van der Waals surface area contributed by atoms with Crippen molar-refractivity contribution in [2.24, 2.45) is 0 Å². The molecule has 1 atom stereocenters. The first kappa shape index (κ1) is 27.1. The predicted octanol–water partition coefficient (Wildman–Crippen LogP) is 4.56. The smallest absolute Gasteiger partial charge is 0.326 e. The van der Waals surface area contributed by atoms with Gasteiger partial charge in [0, 0.05) is 23.7 Å². The molecule has 39 heavy (non-hydrogen) atoms. The molecule has 4 aromatic rings. The number of carboxylic acid groups (broad SMARTS) is 1. The van der Waals surface area contributed by atoms with Crippen LogP contribution in [0.3, 0.4) is 0 Å². The lowest BCUT2D eigenvalue weighted by Gasteiger charge is -2.18. The first-order chi connectivity index (χ1) is 18.8. The summed E-state index contributed by atoms with van der Waals surface area (Å²) in [4.78, 5) is 37.1. The molecule has 1 amide bonds. The number of carbonyl (C=O) groups excluding carboxylic acids is 1. The van der Waals surface area contributed by atoms with Crippen molar-refractivity contribution in [1.29, 1.82) is 5.26 Å². The summed E-state index contributed by atoms with van der Waals surface area (Å²) in [6.07, 6.45) is 4.19. The van der Waals surface area contributed by atoms with E-state index >= 15 is 0 Å². The maximum absolute atomic E-state index is 13.1. The molecule has 0 fully saturated rings. The minimum Gasteiger partial charge on any atom is -0.480 e. The number of pyridine rings is 1. The number of hydrogen-bond acceptors (Lipinski definition) is 6. The Balaban J connectivity index is 1.42. The van der Waals surface area contributed by atoms with Crippen molar-refractivity contribution < 1.29 is 14.7 Å². The minimum atomic E-state index is -1.12. The minimum absolute atomic E-state index is 0.120. The van der Waals surface area contributed by atoms with Gasteiger partial charge in [-0.15, -0.1) is 0 Å². The number of nitrogens with zero attached hydrogens (tertiary/aromatic N) is 3. The first-order valence-corrected chi connectivity index (χ1v) is 12.6. The maximum Gasteiger partial charge on any atom is 0.326 e. The Morgan fingerprint density at radius 3 is 2.54 bits per heavy atom. The molecule has 198 valence electrons. The highest BCUT2D eigenvalue weighted by atomic mass is 16.4. The third-order valence-corrected chi connectivity index (χ3v) is 6.43. The third-order valence-electron chi connectivity index (χ3n) is 6.43. The number of benzene rings is 2. The quantitative estimate of drug-likeness (QED) is 0.239. The van der Waals surface area contributed by atoms with Crippen LogP contribution in [0.4, 0.5) is 5.82 Å². The van der Waals surface area contributed by atoms with Crippen LogP contribution in [0.25, 0.3) is 11.4 Å². The summed E-state index contributed by atoms with van der Waals surface area (Å²) in [5, 5.41) is 25.0. The number of anilines is 1. The van der Waals surface area contributed by atoms with Gasteiger partial charge in [0.2, 0.25) is 0 Å². The Hall–Kier alpha value is -4.97. The van der Waals surface area contributed by atoms with E-state index < -0.39 is 17.9 Å². The van der Waals surface area contributed by atoms with E-state index in [1.54, 1.807) is 31.5 Å². The van der Waals surface area contributed by atoms with Crippen LogP contribution < -0.4 is 10.6 Å². The number of carbonyl (C=O) groups is 2. The van der Waals surface area contributed by atoms with Crippen LogP contribution in [0.5, 0.6) is 0 Å². The van der Waals surface area contributed by atoms with E-state index in [1.807, 2.05) is 50.2 Å². The fourth-order valence-electron chi connectivity index (χ4n) is 4.41. The van der Waals surface area contributed by atoms with Gasteiger partial charge in [-0.05, 0) is 66.8 Å². The highest BCUT2D eigenvalue weighted by Crippen LogP contribution is 2.20. The largest absolute Gasteiger partial charge is 0.480 e. The number of H-pyrrole nitrogens is 1. The zero-order valence-corrected chi connectivity index (χ0v) is 22.1. The van der Waals surface area contributed by atoms with Crippen LogP contribution in [0, 0.1) is 25.2 Å². The van der Waals surface area contributed by atoms with Gasteiger partial charge in [0.25, 0.3) is 5.91 Å². The molecule has 4 rings (SSSR count). The second-order valence-corrected chi connectivity index (χ2v) is 9.39. The van der Waals surface area contributed by atoms with Gasteiger partial charge < -0.3 is 20.7 Å². The molecule has 0 bridgehead atoms. The van der Waals surface area contributed by atoms with Crippen molar-refractivity contribution in [3.8, 4) is 17.5 Å². The Kier molecular flexibility index (Phi) is 8.37. The van der Waals surface area contributed by atoms with Crippen LogP contribution in [0.2, 0.25) is 0 Å². The lowest BCUT2D eigenvalue weighted by atomic mass is 9.95. The number of amides is 1. The second kappa shape index (κ2) is 12.0. The Morgan fingerprint density at radius 2 is 1.87 bits per heavy atom. The normalized spacial score (nSPS) is 11.4.